The molecule has 2 aromatic rings. The zero-order valence-corrected chi connectivity index (χ0v) is 12.5. The van der Waals surface area contributed by atoms with Gasteiger partial charge < -0.3 is 11.1 Å². The molecule has 2 rings (SSSR count). The Bertz CT molecular complexity index is 776. The quantitative estimate of drug-likeness (QED) is 0.694. The number of carbonyl (C=O) groups is 1. The third kappa shape index (κ3) is 3.82. The van der Waals surface area contributed by atoms with Gasteiger partial charge in [0.15, 0.2) is 0 Å². The lowest BCUT2D eigenvalue weighted by Crippen LogP contribution is -2.33. The first-order chi connectivity index (χ1) is 10.5. The Morgan fingerprint density at radius 3 is 2.82 bits per heavy atom. The number of benzene rings is 1. The van der Waals surface area contributed by atoms with Crippen molar-refractivity contribution in [2.24, 2.45) is 5.73 Å². The van der Waals surface area contributed by atoms with Gasteiger partial charge in [-0.2, -0.15) is 0 Å². The van der Waals surface area contributed by atoms with Gasteiger partial charge in [0.1, 0.15) is 0 Å². The van der Waals surface area contributed by atoms with Crippen LogP contribution in [0.5, 0.6) is 0 Å². The highest BCUT2D eigenvalue weighted by atomic mass is 16.2. The number of aromatic amines is 1. The number of amides is 1. The van der Waals surface area contributed by atoms with Gasteiger partial charge in [-0.15, -0.1) is 0 Å². The van der Waals surface area contributed by atoms with Crippen LogP contribution < -0.4 is 22.3 Å². The minimum Gasteiger partial charge on any atom is -0.356 e. The minimum atomic E-state index is -0.507. The van der Waals surface area contributed by atoms with Crippen LogP contribution in [0.15, 0.2) is 33.9 Å². The minimum absolute atomic E-state index is 0.0334. The van der Waals surface area contributed by atoms with Crippen molar-refractivity contribution in [2.75, 3.05) is 6.54 Å². The second-order valence-corrected chi connectivity index (χ2v) is 5.29. The lowest BCUT2D eigenvalue weighted by Gasteiger charge is -2.10. The summed E-state index contributed by atoms with van der Waals surface area (Å²) in [6.45, 7) is 2.59. The molecule has 118 valence electrons. The van der Waals surface area contributed by atoms with E-state index in [4.69, 9.17) is 5.73 Å². The molecule has 0 saturated carbocycles. The Balaban J connectivity index is 2.11. The van der Waals surface area contributed by atoms with Gasteiger partial charge in [0.2, 0.25) is 5.91 Å². The van der Waals surface area contributed by atoms with Gasteiger partial charge in [-0.3, -0.25) is 19.1 Å². The summed E-state index contributed by atoms with van der Waals surface area (Å²) in [5.74, 6) is -0.150. The SMILES string of the molecule is CC(N)CCNC(=O)CCn1c(=O)[nH]c(=O)c2ccccc21. The number of nitrogens with zero attached hydrogens (tertiary/aromatic N) is 1. The maximum absolute atomic E-state index is 11.9. The number of para-hydroxylation sites is 1. The number of fused-ring (bicyclic) bond motifs is 1. The summed E-state index contributed by atoms with van der Waals surface area (Å²) in [7, 11) is 0. The van der Waals surface area contributed by atoms with Gasteiger partial charge in [0, 0.05) is 25.6 Å². The van der Waals surface area contributed by atoms with Gasteiger partial charge in [-0.1, -0.05) is 12.1 Å². The van der Waals surface area contributed by atoms with E-state index in [0.717, 1.165) is 0 Å². The standard InChI is InChI=1S/C15H20N4O3/c1-10(16)6-8-17-13(20)7-9-19-12-5-3-2-4-11(12)14(21)18-15(19)22/h2-5,10H,6-9,16H2,1H3,(H,17,20)(H,18,21,22). The molecule has 0 radical (unpaired) electrons. The van der Waals surface area contributed by atoms with Gasteiger partial charge in [-0.05, 0) is 25.5 Å². The number of carbonyl (C=O) groups excluding carboxylic acids is 1. The van der Waals surface area contributed by atoms with Crippen molar-refractivity contribution in [3.63, 3.8) is 0 Å². The monoisotopic (exact) mass is 304 g/mol. The number of aryl methyl sites for hydroxylation is 1. The molecule has 0 aliphatic heterocycles. The second kappa shape index (κ2) is 7.04. The van der Waals surface area contributed by atoms with Crippen molar-refractivity contribution in [3.8, 4) is 0 Å². The Morgan fingerprint density at radius 1 is 1.36 bits per heavy atom. The Hall–Kier alpha value is -2.41. The lowest BCUT2D eigenvalue weighted by molar-refractivity contribution is -0.121. The van der Waals surface area contributed by atoms with Crippen molar-refractivity contribution in [2.45, 2.75) is 32.4 Å². The molecular formula is C15H20N4O3. The first-order valence-corrected chi connectivity index (χ1v) is 7.23. The number of nitrogens with one attached hydrogen (secondary N) is 2. The Labute approximate surface area is 127 Å². The van der Waals surface area contributed by atoms with Crippen LogP contribution >= 0.6 is 0 Å². The molecule has 7 nitrogen and oxygen atoms in total. The van der Waals surface area contributed by atoms with Crippen LogP contribution in [0.1, 0.15) is 19.8 Å². The summed E-state index contributed by atoms with van der Waals surface area (Å²) in [5, 5.41) is 3.19. The van der Waals surface area contributed by atoms with E-state index < -0.39 is 11.2 Å². The number of hydrogen-bond donors (Lipinski definition) is 3. The summed E-state index contributed by atoms with van der Waals surface area (Å²) in [6.07, 6.45) is 0.863. The Kier molecular flexibility index (Phi) is 5.11. The van der Waals surface area contributed by atoms with Crippen LogP contribution in [0.2, 0.25) is 0 Å². The first kappa shape index (κ1) is 16.0. The van der Waals surface area contributed by atoms with Crippen LogP contribution in [0.25, 0.3) is 10.9 Å². The largest absolute Gasteiger partial charge is 0.356 e. The summed E-state index contributed by atoms with van der Waals surface area (Å²) in [6, 6.07) is 6.85. The van der Waals surface area contributed by atoms with Crippen LogP contribution in [0, 0.1) is 0 Å². The van der Waals surface area contributed by atoms with E-state index in [-0.39, 0.29) is 24.9 Å². The number of H-pyrrole nitrogens is 1. The fourth-order valence-electron chi connectivity index (χ4n) is 2.21. The molecule has 1 heterocycles. The summed E-state index contributed by atoms with van der Waals surface area (Å²) in [5.41, 5.74) is 5.21. The molecule has 1 unspecified atom stereocenters. The number of nitrogens with two attached hydrogens (primary N) is 1. The normalized spacial score (nSPS) is 12.3. The molecule has 1 atom stereocenters. The molecule has 1 aromatic carbocycles. The molecule has 0 bridgehead atoms. The van der Waals surface area contributed by atoms with Crippen molar-refractivity contribution in [1.29, 1.82) is 0 Å². The summed E-state index contributed by atoms with van der Waals surface area (Å²) in [4.78, 5) is 37.7. The van der Waals surface area contributed by atoms with Gasteiger partial charge in [0.25, 0.3) is 5.56 Å². The maximum Gasteiger partial charge on any atom is 0.328 e. The summed E-state index contributed by atoms with van der Waals surface area (Å²) >= 11 is 0. The zero-order chi connectivity index (χ0) is 16.1. The Morgan fingerprint density at radius 2 is 2.09 bits per heavy atom. The molecular weight excluding hydrogens is 284 g/mol. The molecule has 0 spiro atoms. The number of rotatable bonds is 6. The van der Waals surface area contributed by atoms with E-state index >= 15 is 0 Å². The molecule has 0 fully saturated rings. The van der Waals surface area contributed by atoms with Crippen LogP contribution in [0.3, 0.4) is 0 Å². The highest BCUT2D eigenvalue weighted by Gasteiger charge is 2.08. The van der Waals surface area contributed by atoms with Crippen LogP contribution in [0.4, 0.5) is 0 Å². The highest BCUT2D eigenvalue weighted by molar-refractivity contribution is 5.78. The predicted molar refractivity (Wildman–Crippen MR) is 84.7 cm³/mol. The van der Waals surface area contributed by atoms with E-state index in [0.29, 0.717) is 23.9 Å². The van der Waals surface area contributed by atoms with E-state index in [1.807, 2.05) is 6.92 Å². The molecule has 0 aliphatic carbocycles. The van der Waals surface area contributed by atoms with E-state index in [2.05, 4.69) is 10.3 Å². The molecule has 0 saturated heterocycles. The maximum atomic E-state index is 11.9. The number of aromatic nitrogens is 2. The topological polar surface area (TPSA) is 110 Å². The predicted octanol–water partition coefficient (Wildman–Crippen LogP) is -0.0666. The smallest absolute Gasteiger partial charge is 0.328 e. The molecule has 4 N–H and O–H groups in total. The van der Waals surface area contributed by atoms with E-state index in [1.54, 1.807) is 24.3 Å². The average Bonchev–Trinajstić information content (AvgIpc) is 2.46. The van der Waals surface area contributed by atoms with E-state index in [9.17, 15) is 14.4 Å². The molecule has 0 aliphatic rings. The summed E-state index contributed by atoms with van der Waals surface area (Å²) < 4.78 is 1.40. The number of hydrogen-bond acceptors (Lipinski definition) is 4. The van der Waals surface area contributed by atoms with Crippen molar-refractivity contribution in [3.05, 3.63) is 45.1 Å². The first-order valence-electron chi connectivity index (χ1n) is 7.23. The third-order valence-corrected chi connectivity index (χ3v) is 3.39. The molecule has 22 heavy (non-hydrogen) atoms. The third-order valence-electron chi connectivity index (χ3n) is 3.39. The van der Waals surface area contributed by atoms with E-state index in [1.165, 1.54) is 4.57 Å². The van der Waals surface area contributed by atoms with Gasteiger partial charge >= 0.3 is 5.69 Å². The zero-order valence-electron chi connectivity index (χ0n) is 12.5. The molecule has 7 heteroatoms. The second-order valence-electron chi connectivity index (χ2n) is 5.29. The average molecular weight is 304 g/mol. The molecule has 1 aromatic heterocycles. The molecule has 1 amide bonds. The van der Waals surface area contributed by atoms with Crippen molar-refractivity contribution >= 4 is 16.8 Å². The highest BCUT2D eigenvalue weighted by Crippen LogP contribution is 2.06. The fraction of sp³-hybridized carbons (Fsp3) is 0.400. The van der Waals surface area contributed by atoms with Crippen molar-refractivity contribution < 1.29 is 4.79 Å². The van der Waals surface area contributed by atoms with Gasteiger partial charge in [-0.25, -0.2) is 4.79 Å². The van der Waals surface area contributed by atoms with Crippen LogP contribution in [-0.2, 0) is 11.3 Å². The lowest BCUT2D eigenvalue weighted by atomic mass is 10.2. The van der Waals surface area contributed by atoms with Crippen LogP contribution in [-0.4, -0.2) is 28.0 Å². The van der Waals surface area contributed by atoms with Crippen molar-refractivity contribution in [1.82, 2.24) is 14.9 Å². The fourth-order valence-corrected chi connectivity index (χ4v) is 2.21. The van der Waals surface area contributed by atoms with Gasteiger partial charge in [0.05, 0.1) is 10.9 Å².